The molecule has 0 spiro atoms. The summed E-state index contributed by atoms with van der Waals surface area (Å²) >= 11 is 0. The molecule has 144 valence electrons. The fraction of sp³-hybridized carbons (Fsp3) is 0.333. The Morgan fingerprint density at radius 3 is 2.52 bits per heavy atom. The van der Waals surface area contributed by atoms with E-state index in [9.17, 15) is 17.6 Å². The van der Waals surface area contributed by atoms with Crippen molar-refractivity contribution in [2.75, 3.05) is 34.3 Å². The van der Waals surface area contributed by atoms with Gasteiger partial charge in [0.05, 0.1) is 29.4 Å². The molecular weight excluding hydrogens is 371 g/mol. The Balaban J connectivity index is 1.76. The lowest BCUT2D eigenvalue weighted by atomic mass is 10.1. The summed E-state index contributed by atoms with van der Waals surface area (Å²) in [5, 5.41) is 2.57. The van der Waals surface area contributed by atoms with Crippen molar-refractivity contribution in [1.29, 1.82) is 0 Å². The Morgan fingerprint density at radius 2 is 1.89 bits per heavy atom. The maximum atomic E-state index is 13.6. The second-order valence-electron chi connectivity index (χ2n) is 6.47. The van der Waals surface area contributed by atoms with E-state index in [0.29, 0.717) is 5.82 Å². The molecule has 1 aliphatic rings. The number of benzene rings is 1. The van der Waals surface area contributed by atoms with Gasteiger partial charge >= 0.3 is 0 Å². The number of sulfonamides is 1. The molecule has 9 heteroatoms. The molecule has 0 saturated carbocycles. The van der Waals surface area contributed by atoms with Gasteiger partial charge in [-0.25, -0.2) is 17.8 Å². The van der Waals surface area contributed by atoms with Gasteiger partial charge in [0.15, 0.2) is 0 Å². The lowest BCUT2D eigenvalue weighted by molar-refractivity contribution is 0.102. The number of hydrogen-bond donors (Lipinski definition) is 2. The first kappa shape index (κ1) is 19.1. The highest BCUT2D eigenvalue weighted by Crippen LogP contribution is 2.22. The summed E-state index contributed by atoms with van der Waals surface area (Å²) in [6.45, 7) is 1.97. The lowest BCUT2D eigenvalue weighted by Crippen LogP contribution is -2.29. The highest BCUT2D eigenvalue weighted by molar-refractivity contribution is 7.92. The van der Waals surface area contributed by atoms with Crippen molar-refractivity contribution in [3.05, 3.63) is 47.9 Å². The highest BCUT2D eigenvalue weighted by Gasteiger charge is 2.17. The van der Waals surface area contributed by atoms with Gasteiger partial charge < -0.3 is 10.2 Å². The average Bonchev–Trinajstić information content (AvgIpc) is 2.63. The normalized spacial score (nSPS) is 14.7. The number of aromatic nitrogens is 1. The van der Waals surface area contributed by atoms with Gasteiger partial charge in [-0.15, -0.1) is 0 Å². The quantitative estimate of drug-likeness (QED) is 0.816. The van der Waals surface area contributed by atoms with Crippen LogP contribution in [0.4, 0.5) is 21.6 Å². The summed E-state index contributed by atoms with van der Waals surface area (Å²) < 4.78 is 38.7. The van der Waals surface area contributed by atoms with Crippen LogP contribution in [0.3, 0.4) is 0 Å². The summed E-state index contributed by atoms with van der Waals surface area (Å²) in [4.78, 5) is 19.0. The van der Waals surface area contributed by atoms with Crippen LogP contribution >= 0.6 is 0 Å². The number of anilines is 3. The Morgan fingerprint density at radius 1 is 1.15 bits per heavy atom. The molecule has 0 atom stereocenters. The van der Waals surface area contributed by atoms with Crippen molar-refractivity contribution in [3.8, 4) is 0 Å². The first-order valence-electron chi connectivity index (χ1n) is 8.61. The number of piperidine rings is 1. The van der Waals surface area contributed by atoms with Crippen LogP contribution in [0.2, 0.25) is 0 Å². The molecule has 1 aromatic heterocycles. The number of halogens is 1. The molecule has 27 heavy (non-hydrogen) atoms. The zero-order valence-corrected chi connectivity index (χ0v) is 15.7. The molecular formula is C18H21FN4O3S. The van der Waals surface area contributed by atoms with Crippen LogP contribution < -0.4 is 14.9 Å². The van der Waals surface area contributed by atoms with E-state index < -0.39 is 21.7 Å². The minimum absolute atomic E-state index is 0.00124. The number of carbonyl (C=O) groups excluding carboxylic acids is 1. The predicted octanol–water partition coefficient (Wildman–Crippen LogP) is 2.83. The number of rotatable bonds is 5. The van der Waals surface area contributed by atoms with Gasteiger partial charge in [-0.2, -0.15) is 0 Å². The third-order valence-electron chi connectivity index (χ3n) is 4.23. The fourth-order valence-corrected chi connectivity index (χ4v) is 3.55. The Kier molecular flexibility index (Phi) is 5.59. The van der Waals surface area contributed by atoms with E-state index in [1.165, 1.54) is 12.5 Å². The van der Waals surface area contributed by atoms with Crippen LogP contribution in [0.5, 0.6) is 0 Å². The SMILES string of the molecule is CS(=O)(=O)Nc1ccc(F)cc1C(=O)Nc1ccc(N2CCCCC2)cn1. The summed E-state index contributed by atoms with van der Waals surface area (Å²) in [5.74, 6) is -0.998. The number of nitrogens with zero attached hydrogens (tertiary/aromatic N) is 2. The van der Waals surface area contributed by atoms with Crippen LogP contribution in [0.15, 0.2) is 36.5 Å². The maximum Gasteiger partial charge on any atom is 0.259 e. The molecule has 1 fully saturated rings. The fourth-order valence-electron chi connectivity index (χ4n) is 2.98. The zero-order chi connectivity index (χ0) is 19.4. The topological polar surface area (TPSA) is 91.4 Å². The third kappa shape index (κ3) is 5.16. The summed E-state index contributed by atoms with van der Waals surface area (Å²) in [7, 11) is -3.61. The van der Waals surface area contributed by atoms with Gasteiger partial charge in [0.2, 0.25) is 10.0 Å². The van der Waals surface area contributed by atoms with Crippen LogP contribution in [-0.2, 0) is 10.0 Å². The second kappa shape index (κ2) is 7.91. The van der Waals surface area contributed by atoms with Gasteiger partial charge in [-0.05, 0) is 49.6 Å². The van der Waals surface area contributed by atoms with E-state index in [1.807, 2.05) is 6.07 Å². The second-order valence-corrected chi connectivity index (χ2v) is 8.22. The van der Waals surface area contributed by atoms with Crippen LogP contribution in [0.1, 0.15) is 29.6 Å². The molecule has 0 bridgehead atoms. The average molecular weight is 392 g/mol. The molecule has 0 radical (unpaired) electrons. The van der Waals surface area contributed by atoms with Crippen molar-refractivity contribution in [1.82, 2.24) is 4.98 Å². The molecule has 1 saturated heterocycles. The number of nitrogens with one attached hydrogen (secondary N) is 2. The molecule has 1 aliphatic heterocycles. The van der Waals surface area contributed by atoms with Gasteiger partial charge in [-0.1, -0.05) is 0 Å². The highest BCUT2D eigenvalue weighted by atomic mass is 32.2. The molecule has 0 unspecified atom stereocenters. The van der Waals surface area contributed by atoms with E-state index in [0.717, 1.165) is 50.0 Å². The van der Waals surface area contributed by atoms with E-state index in [4.69, 9.17) is 0 Å². The molecule has 1 aromatic carbocycles. The van der Waals surface area contributed by atoms with E-state index >= 15 is 0 Å². The molecule has 2 N–H and O–H groups in total. The van der Waals surface area contributed by atoms with E-state index in [1.54, 1.807) is 12.3 Å². The molecule has 7 nitrogen and oxygen atoms in total. The van der Waals surface area contributed by atoms with E-state index in [-0.39, 0.29) is 11.3 Å². The minimum atomic E-state index is -3.61. The monoisotopic (exact) mass is 392 g/mol. The lowest BCUT2D eigenvalue weighted by Gasteiger charge is -2.28. The number of carbonyl (C=O) groups is 1. The number of amides is 1. The number of hydrogen-bond acceptors (Lipinski definition) is 5. The van der Waals surface area contributed by atoms with Crippen LogP contribution in [-0.4, -0.2) is 38.7 Å². The van der Waals surface area contributed by atoms with Crippen molar-refractivity contribution in [2.24, 2.45) is 0 Å². The minimum Gasteiger partial charge on any atom is -0.370 e. The third-order valence-corrected chi connectivity index (χ3v) is 4.82. The first-order valence-corrected chi connectivity index (χ1v) is 10.5. The zero-order valence-electron chi connectivity index (χ0n) is 14.9. The molecule has 3 rings (SSSR count). The van der Waals surface area contributed by atoms with Gasteiger partial charge in [0.25, 0.3) is 5.91 Å². The Labute approximate surface area is 157 Å². The summed E-state index contributed by atoms with van der Waals surface area (Å²) in [6, 6.07) is 6.80. The van der Waals surface area contributed by atoms with Gasteiger partial charge in [0.1, 0.15) is 11.6 Å². The standard InChI is InChI=1S/C18H21FN4O3S/c1-27(25,26)22-16-7-5-13(19)11-15(16)18(24)21-17-8-6-14(12-20-17)23-9-3-2-4-10-23/h5-8,11-12,22H,2-4,9-10H2,1H3,(H,20,21,24). The van der Waals surface area contributed by atoms with E-state index in [2.05, 4.69) is 19.9 Å². The smallest absolute Gasteiger partial charge is 0.259 e. The largest absolute Gasteiger partial charge is 0.370 e. The molecule has 2 aromatic rings. The summed E-state index contributed by atoms with van der Waals surface area (Å²) in [6.07, 6.45) is 6.17. The predicted molar refractivity (Wildman–Crippen MR) is 103 cm³/mol. The van der Waals surface area contributed by atoms with Gasteiger partial charge in [0, 0.05) is 13.1 Å². The van der Waals surface area contributed by atoms with Crippen molar-refractivity contribution < 1.29 is 17.6 Å². The molecule has 0 aliphatic carbocycles. The van der Waals surface area contributed by atoms with Crippen LogP contribution in [0.25, 0.3) is 0 Å². The van der Waals surface area contributed by atoms with Crippen LogP contribution in [0, 0.1) is 5.82 Å². The molecule has 1 amide bonds. The summed E-state index contributed by atoms with van der Waals surface area (Å²) in [5.41, 5.74) is 0.863. The molecule has 2 heterocycles. The number of pyridine rings is 1. The van der Waals surface area contributed by atoms with Gasteiger partial charge in [-0.3, -0.25) is 9.52 Å². The van der Waals surface area contributed by atoms with Crippen molar-refractivity contribution in [3.63, 3.8) is 0 Å². The van der Waals surface area contributed by atoms with Crippen molar-refractivity contribution in [2.45, 2.75) is 19.3 Å². The maximum absolute atomic E-state index is 13.6. The Bertz CT molecular complexity index is 926. The Hall–Kier alpha value is -2.68. The first-order chi connectivity index (χ1) is 12.8. The van der Waals surface area contributed by atoms with Crippen molar-refractivity contribution >= 4 is 33.1 Å².